The molecule has 2 nitrogen and oxygen atoms in total. The number of piperidine rings is 1. The highest BCUT2D eigenvalue weighted by Gasteiger charge is 2.46. The number of hydrogen-bond acceptors (Lipinski definition) is 2. The minimum atomic E-state index is 0.116. The Morgan fingerprint density at radius 1 is 0.857 bits per heavy atom. The minimum Gasteiger partial charge on any atom is -0.300 e. The van der Waals surface area contributed by atoms with Gasteiger partial charge in [-0.3, -0.25) is 9.89 Å². The van der Waals surface area contributed by atoms with E-state index < -0.39 is 0 Å². The molecule has 4 rings (SSSR count). The molecule has 1 aliphatic carbocycles. The first-order valence-electron chi connectivity index (χ1n) is 11.1. The summed E-state index contributed by atoms with van der Waals surface area (Å²) < 4.78 is 0. The minimum absolute atomic E-state index is 0.116. The van der Waals surface area contributed by atoms with Gasteiger partial charge in [0.25, 0.3) is 0 Å². The van der Waals surface area contributed by atoms with Gasteiger partial charge in [0.05, 0.1) is 0 Å². The van der Waals surface area contributed by atoms with E-state index in [0.717, 1.165) is 12.5 Å². The van der Waals surface area contributed by atoms with Gasteiger partial charge in [-0.1, -0.05) is 73.5 Å². The number of nitrogens with zero attached hydrogens (tertiary/aromatic N) is 2. The van der Waals surface area contributed by atoms with E-state index >= 15 is 0 Å². The van der Waals surface area contributed by atoms with E-state index in [1.165, 1.54) is 62.7 Å². The van der Waals surface area contributed by atoms with E-state index in [9.17, 15) is 0 Å². The highest BCUT2D eigenvalue weighted by atomic mass is 15.1. The van der Waals surface area contributed by atoms with Gasteiger partial charge in [0, 0.05) is 25.2 Å². The van der Waals surface area contributed by atoms with Gasteiger partial charge in [0.2, 0.25) is 0 Å². The van der Waals surface area contributed by atoms with Crippen LogP contribution >= 0.6 is 0 Å². The fourth-order valence-electron chi connectivity index (χ4n) is 5.84. The van der Waals surface area contributed by atoms with E-state index in [-0.39, 0.29) is 5.41 Å². The van der Waals surface area contributed by atoms with Crippen molar-refractivity contribution in [2.75, 3.05) is 20.1 Å². The third kappa shape index (κ3) is 3.93. The van der Waals surface area contributed by atoms with Crippen molar-refractivity contribution in [3.05, 3.63) is 71.8 Å². The first-order chi connectivity index (χ1) is 13.8. The molecule has 28 heavy (non-hydrogen) atoms. The Morgan fingerprint density at radius 3 is 2.04 bits per heavy atom. The predicted octanol–water partition coefficient (Wildman–Crippen LogP) is 5.73. The zero-order valence-corrected chi connectivity index (χ0v) is 17.3. The SMILES string of the molecule is CN=CC(c1ccccc1)(C1CCCC1)C1CCN(Cc2ccccc2)CC1. The molecule has 2 aliphatic rings. The second-order valence-electron chi connectivity index (χ2n) is 8.70. The normalized spacial score (nSPS) is 21.9. The average molecular weight is 375 g/mol. The lowest BCUT2D eigenvalue weighted by Gasteiger charge is -2.47. The molecule has 0 amide bonds. The van der Waals surface area contributed by atoms with Crippen molar-refractivity contribution >= 4 is 6.21 Å². The van der Waals surface area contributed by atoms with Crippen LogP contribution in [-0.2, 0) is 12.0 Å². The lowest BCUT2D eigenvalue weighted by atomic mass is 9.60. The van der Waals surface area contributed by atoms with Crippen LogP contribution < -0.4 is 0 Å². The van der Waals surface area contributed by atoms with Crippen LogP contribution in [-0.4, -0.2) is 31.3 Å². The number of benzene rings is 2. The summed E-state index contributed by atoms with van der Waals surface area (Å²) in [5.41, 5.74) is 3.04. The topological polar surface area (TPSA) is 15.6 Å². The maximum Gasteiger partial charge on any atom is 0.0358 e. The van der Waals surface area contributed by atoms with Crippen molar-refractivity contribution in [1.82, 2.24) is 4.90 Å². The molecule has 0 bridgehead atoms. The van der Waals surface area contributed by atoms with E-state index in [1.54, 1.807) is 0 Å². The highest BCUT2D eigenvalue weighted by Crippen LogP contribution is 2.49. The zero-order chi connectivity index (χ0) is 19.2. The highest BCUT2D eigenvalue weighted by molar-refractivity contribution is 5.75. The fourth-order valence-corrected chi connectivity index (χ4v) is 5.84. The number of rotatable bonds is 6. The van der Waals surface area contributed by atoms with Crippen LogP contribution in [0, 0.1) is 11.8 Å². The second-order valence-corrected chi connectivity index (χ2v) is 8.70. The summed E-state index contributed by atoms with van der Waals surface area (Å²) in [4.78, 5) is 7.29. The van der Waals surface area contributed by atoms with E-state index in [0.29, 0.717) is 5.92 Å². The molecule has 2 fully saturated rings. The third-order valence-electron chi connectivity index (χ3n) is 7.16. The monoisotopic (exact) mass is 374 g/mol. The predicted molar refractivity (Wildman–Crippen MR) is 119 cm³/mol. The zero-order valence-electron chi connectivity index (χ0n) is 17.3. The maximum atomic E-state index is 4.65. The third-order valence-corrected chi connectivity index (χ3v) is 7.16. The standard InChI is InChI=1S/C26H34N2/c1-27-21-26(24-14-8-9-15-24,23-12-6-3-7-13-23)25-16-18-28(19-17-25)20-22-10-4-2-5-11-22/h2-7,10-13,21,24-25H,8-9,14-20H2,1H3. The Bertz CT molecular complexity index is 741. The van der Waals surface area contributed by atoms with Gasteiger partial charge in [-0.05, 0) is 61.7 Å². The molecule has 1 atom stereocenters. The number of aliphatic imine (C=N–C) groups is 1. The molecular formula is C26H34N2. The Kier molecular flexibility index (Phi) is 6.26. The molecule has 2 heteroatoms. The van der Waals surface area contributed by atoms with E-state index in [2.05, 4.69) is 76.8 Å². The van der Waals surface area contributed by atoms with Crippen molar-refractivity contribution < 1.29 is 0 Å². The smallest absolute Gasteiger partial charge is 0.0358 e. The molecule has 2 aromatic carbocycles. The quantitative estimate of drug-likeness (QED) is 0.590. The van der Waals surface area contributed by atoms with Gasteiger partial charge in [-0.15, -0.1) is 0 Å². The van der Waals surface area contributed by atoms with Crippen molar-refractivity contribution in [3.8, 4) is 0 Å². The largest absolute Gasteiger partial charge is 0.300 e. The summed E-state index contributed by atoms with van der Waals surface area (Å²) in [5.74, 6) is 1.43. The maximum absolute atomic E-state index is 4.65. The van der Waals surface area contributed by atoms with Crippen LogP contribution in [0.1, 0.15) is 49.7 Å². The molecule has 1 saturated carbocycles. The Morgan fingerprint density at radius 2 is 1.43 bits per heavy atom. The summed E-state index contributed by atoms with van der Waals surface area (Å²) in [6.07, 6.45) is 10.3. The number of hydrogen-bond donors (Lipinski definition) is 0. The van der Waals surface area contributed by atoms with Crippen molar-refractivity contribution in [2.24, 2.45) is 16.8 Å². The first-order valence-corrected chi connectivity index (χ1v) is 11.1. The number of likely N-dealkylation sites (tertiary alicyclic amines) is 1. The fraction of sp³-hybridized carbons (Fsp3) is 0.500. The summed E-state index contributed by atoms with van der Waals surface area (Å²) in [6.45, 7) is 3.47. The van der Waals surface area contributed by atoms with Crippen LogP contribution in [0.4, 0.5) is 0 Å². The van der Waals surface area contributed by atoms with Crippen molar-refractivity contribution in [2.45, 2.75) is 50.5 Å². The Balaban J connectivity index is 1.56. The van der Waals surface area contributed by atoms with Gasteiger partial charge >= 0.3 is 0 Å². The summed E-state index contributed by atoms with van der Waals surface area (Å²) in [6, 6.07) is 22.2. The van der Waals surface area contributed by atoms with Gasteiger partial charge in [-0.2, -0.15) is 0 Å². The lowest BCUT2D eigenvalue weighted by molar-refractivity contribution is 0.123. The Labute approximate surface area is 170 Å². The summed E-state index contributed by atoms with van der Waals surface area (Å²) >= 11 is 0. The lowest BCUT2D eigenvalue weighted by Crippen LogP contribution is -2.48. The van der Waals surface area contributed by atoms with Gasteiger partial charge in [0.15, 0.2) is 0 Å². The molecule has 0 N–H and O–H groups in total. The molecule has 2 aromatic rings. The molecule has 1 aliphatic heterocycles. The second kappa shape index (κ2) is 9.05. The van der Waals surface area contributed by atoms with Crippen molar-refractivity contribution in [1.29, 1.82) is 0 Å². The van der Waals surface area contributed by atoms with Crippen LogP contribution in [0.2, 0.25) is 0 Å². The van der Waals surface area contributed by atoms with Crippen LogP contribution in [0.5, 0.6) is 0 Å². The van der Waals surface area contributed by atoms with Gasteiger partial charge in [-0.25, -0.2) is 0 Å². The summed E-state index contributed by atoms with van der Waals surface area (Å²) in [7, 11) is 1.97. The molecule has 1 heterocycles. The average Bonchev–Trinajstić information content (AvgIpc) is 3.29. The molecular weight excluding hydrogens is 340 g/mol. The van der Waals surface area contributed by atoms with Crippen molar-refractivity contribution in [3.63, 3.8) is 0 Å². The van der Waals surface area contributed by atoms with Crippen LogP contribution in [0.3, 0.4) is 0 Å². The van der Waals surface area contributed by atoms with Crippen LogP contribution in [0.15, 0.2) is 65.7 Å². The molecule has 0 radical (unpaired) electrons. The van der Waals surface area contributed by atoms with Gasteiger partial charge < -0.3 is 0 Å². The van der Waals surface area contributed by atoms with Crippen LogP contribution in [0.25, 0.3) is 0 Å². The molecule has 1 unspecified atom stereocenters. The van der Waals surface area contributed by atoms with Gasteiger partial charge in [0.1, 0.15) is 0 Å². The molecule has 0 aromatic heterocycles. The van der Waals surface area contributed by atoms with E-state index in [4.69, 9.17) is 0 Å². The Hall–Kier alpha value is -1.93. The van der Waals surface area contributed by atoms with E-state index in [1.807, 2.05) is 7.05 Å². The first kappa shape index (κ1) is 19.4. The molecule has 1 saturated heterocycles. The molecule has 0 spiro atoms. The molecule has 148 valence electrons. The summed E-state index contributed by atoms with van der Waals surface area (Å²) in [5, 5.41) is 0.